The summed E-state index contributed by atoms with van der Waals surface area (Å²) in [4.78, 5) is 17.4. The fraction of sp³-hybridized carbons (Fsp3) is 0.526. The summed E-state index contributed by atoms with van der Waals surface area (Å²) >= 11 is 0. The summed E-state index contributed by atoms with van der Waals surface area (Å²) in [7, 11) is -2.15. The highest BCUT2D eigenvalue weighted by Gasteiger charge is 2.41. The average Bonchev–Trinajstić information content (AvgIpc) is 3.31. The van der Waals surface area contributed by atoms with Gasteiger partial charge in [-0.25, -0.2) is 8.42 Å². The highest BCUT2D eigenvalue weighted by atomic mass is 32.2. The molecule has 1 fully saturated rings. The summed E-state index contributed by atoms with van der Waals surface area (Å²) in [6.07, 6.45) is 3.32. The van der Waals surface area contributed by atoms with Gasteiger partial charge in [0, 0.05) is 25.6 Å². The lowest BCUT2D eigenvalue weighted by Crippen LogP contribution is -2.44. The maximum absolute atomic E-state index is 13.0. The molecule has 2 aromatic rings. The standard InChI is InChI=1S/C19H26N4O4S/c1-13(2)23(4)28(25,26)16-9-7-8-15(12-16)17(24)21-19(10-5-6-11-19)18-20-14(3)27-22-18/h7-9,12-13H,5-6,10-11H2,1-4H3,(H,21,24). The fourth-order valence-corrected chi connectivity index (χ4v) is 4.82. The van der Waals surface area contributed by atoms with Crippen LogP contribution in [0.5, 0.6) is 0 Å². The van der Waals surface area contributed by atoms with E-state index < -0.39 is 15.6 Å². The first kappa shape index (κ1) is 20.5. The van der Waals surface area contributed by atoms with Gasteiger partial charge in [-0.1, -0.05) is 24.1 Å². The molecule has 0 bridgehead atoms. The molecule has 0 unspecified atom stereocenters. The number of aryl methyl sites for hydroxylation is 1. The predicted octanol–water partition coefficient (Wildman–Crippen LogP) is 2.61. The van der Waals surface area contributed by atoms with Crippen LogP contribution in [0.2, 0.25) is 0 Å². The van der Waals surface area contributed by atoms with Gasteiger partial charge in [0.25, 0.3) is 5.91 Å². The Labute approximate surface area is 165 Å². The number of carbonyl (C=O) groups is 1. The quantitative estimate of drug-likeness (QED) is 0.790. The molecule has 0 saturated heterocycles. The monoisotopic (exact) mass is 406 g/mol. The minimum Gasteiger partial charge on any atom is -0.340 e. The van der Waals surface area contributed by atoms with Crippen LogP contribution in [0.3, 0.4) is 0 Å². The van der Waals surface area contributed by atoms with Crippen molar-refractivity contribution in [3.63, 3.8) is 0 Å². The van der Waals surface area contributed by atoms with E-state index in [1.54, 1.807) is 32.9 Å². The topological polar surface area (TPSA) is 105 Å². The fourth-order valence-electron chi connectivity index (χ4n) is 3.41. The predicted molar refractivity (Wildman–Crippen MR) is 103 cm³/mol. The van der Waals surface area contributed by atoms with Gasteiger partial charge in [0.05, 0.1) is 4.90 Å². The highest BCUT2D eigenvalue weighted by Crippen LogP contribution is 2.37. The molecule has 3 rings (SSSR count). The van der Waals surface area contributed by atoms with Gasteiger partial charge >= 0.3 is 0 Å². The maximum atomic E-state index is 13.0. The summed E-state index contributed by atoms with van der Waals surface area (Å²) in [5.74, 6) is 0.563. The molecule has 1 heterocycles. The number of aromatic nitrogens is 2. The van der Waals surface area contributed by atoms with Crippen molar-refractivity contribution in [2.24, 2.45) is 0 Å². The van der Waals surface area contributed by atoms with E-state index in [1.807, 2.05) is 0 Å². The van der Waals surface area contributed by atoms with Crippen LogP contribution in [0.25, 0.3) is 0 Å². The summed E-state index contributed by atoms with van der Waals surface area (Å²) < 4.78 is 31.9. The summed E-state index contributed by atoms with van der Waals surface area (Å²) in [5.41, 5.74) is -0.400. The van der Waals surface area contributed by atoms with E-state index in [-0.39, 0.29) is 22.4 Å². The van der Waals surface area contributed by atoms with E-state index in [1.165, 1.54) is 23.5 Å². The molecule has 152 valence electrons. The Morgan fingerprint density at radius 1 is 1.29 bits per heavy atom. The van der Waals surface area contributed by atoms with E-state index in [0.29, 0.717) is 24.6 Å². The summed E-state index contributed by atoms with van der Waals surface area (Å²) in [6, 6.07) is 5.90. The van der Waals surface area contributed by atoms with Crippen molar-refractivity contribution in [3.05, 3.63) is 41.5 Å². The van der Waals surface area contributed by atoms with Crippen LogP contribution in [0.4, 0.5) is 0 Å². The lowest BCUT2D eigenvalue weighted by molar-refractivity contribution is 0.0891. The lowest BCUT2D eigenvalue weighted by atomic mass is 9.96. The van der Waals surface area contributed by atoms with E-state index in [0.717, 1.165) is 12.8 Å². The second kappa shape index (κ2) is 7.63. The van der Waals surface area contributed by atoms with Gasteiger partial charge in [0.15, 0.2) is 5.82 Å². The van der Waals surface area contributed by atoms with Crippen LogP contribution in [0.1, 0.15) is 61.6 Å². The second-order valence-electron chi connectivity index (χ2n) is 7.52. The number of rotatable bonds is 6. The van der Waals surface area contributed by atoms with Gasteiger partial charge in [-0.15, -0.1) is 0 Å². The molecule has 1 aromatic heterocycles. The molecule has 9 heteroatoms. The van der Waals surface area contributed by atoms with E-state index in [2.05, 4.69) is 15.5 Å². The molecule has 0 radical (unpaired) electrons. The Morgan fingerprint density at radius 2 is 1.96 bits per heavy atom. The second-order valence-corrected chi connectivity index (χ2v) is 9.52. The van der Waals surface area contributed by atoms with Crippen LogP contribution in [-0.4, -0.2) is 41.9 Å². The summed E-state index contributed by atoms with van der Waals surface area (Å²) in [6.45, 7) is 5.30. The first-order chi connectivity index (χ1) is 13.2. The van der Waals surface area contributed by atoms with Gasteiger partial charge in [-0.05, 0) is 44.9 Å². The molecule has 1 amide bonds. The number of sulfonamides is 1. The van der Waals surface area contributed by atoms with Crippen LogP contribution in [-0.2, 0) is 15.6 Å². The zero-order valence-electron chi connectivity index (χ0n) is 16.6. The van der Waals surface area contributed by atoms with Crippen LogP contribution in [0.15, 0.2) is 33.7 Å². The number of nitrogens with one attached hydrogen (secondary N) is 1. The Balaban J connectivity index is 1.89. The molecule has 28 heavy (non-hydrogen) atoms. The normalized spacial score (nSPS) is 16.6. The molecule has 1 N–H and O–H groups in total. The average molecular weight is 407 g/mol. The Kier molecular flexibility index (Phi) is 5.58. The van der Waals surface area contributed by atoms with Crippen molar-refractivity contribution in [2.75, 3.05) is 7.05 Å². The number of carbonyl (C=O) groups excluding carboxylic acids is 1. The molecule has 8 nitrogen and oxygen atoms in total. The zero-order valence-corrected chi connectivity index (χ0v) is 17.4. The largest absolute Gasteiger partial charge is 0.340 e. The first-order valence-electron chi connectivity index (χ1n) is 9.37. The van der Waals surface area contributed by atoms with Gasteiger partial charge in [0.1, 0.15) is 5.54 Å². The van der Waals surface area contributed by atoms with Crippen molar-refractivity contribution in [3.8, 4) is 0 Å². The third-order valence-corrected chi connectivity index (χ3v) is 7.30. The molecule has 1 aliphatic carbocycles. The van der Waals surface area contributed by atoms with Gasteiger partial charge in [-0.3, -0.25) is 4.79 Å². The van der Waals surface area contributed by atoms with Crippen LogP contribution < -0.4 is 5.32 Å². The smallest absolute Gasteiger partial charge is 0.252 e. The molecule has 1 saturated carbocycles. The van der Waals surface area contributed by atoms with Crippen molar-refractivity contribution >= 4 is 15.9 Å². The van der Waals surface area contributed by atoms with E-state index in [4.69, 9.17) is 4.52 Å². The van der Waals surface area contributed by atoms with Gasteiger partial charge < -0.3 is 9.84 Å². The molecule has 0 spiro atoms. The number of hydrogen-bond donors (Lipinski definition) is 1. The Morgan fingerprint density at radius 3 is 2.54 bits per heavy atom. The molecule has 1 aliphatic rings. The Bertz CT molecular complexity index is 962. The van der Waals surface area contributed by atoms with Crippen molar-refractivity contribution < 1.29 is 17.7 Å². The molecular formula is C19H26N4O4S. The number of nitrogens with zero attached hydrogens (tertiary/aromatic N) is 3. The van der Waals surface area contributed by atoms with E-state index in [9.17, 15) is 13.2 Å². The number of benzene rings is 1. The van der Waals surface area contributed by atoms with E-state index >= 15 is 0 Å². The first-order valence-corrected chi connectivity index (χ1v) is 10.8. The number of amides is 1. The van der Waals surface area contributed by atoms with Gasteiger partial charge in [0.2, 0.25) is 15.9 Å². The van der Waals surface area contributed by atoms with Crippen LogP contribution in [0, 0.1) is 6.92 Å². The minimum atomic E-state index is -3.67. The minimum absolute atomic E-state index is 0.0900. The highest BCUT2D eigenvalue weighted by molar-refractivity contribution is 7.89. The van der Waals surface area contributed by atoms with Crippen molar-refractivity contribution in [2.45, 2.75) is 62.9 Å². The maximum Gasteiger partial charge on any atom is 0.252 e. The molecule has 1 aromatic carbocycles. The Hall–Kier alpha value is -2.26. The molecule has 0 aliphatic heterocycles. The molecule has 0 atom stereocenters. The lowest BCUT2D eigenvalue weighted by Gasteiger charge is -2.27. The summed E-state index contributed by atoms with van der Waals surface area (Å²) in [5, 5.41) is 7.05. The van der Waals surface area contributed by atoms with Crippen molar-refractivity contribution in [1.29, 1.82) is 0 Å². The third kappa shape index (κ3) is 3.81. The molecular weight excluding hydrogens is 380 g/mol. The van der Waals surface area contributed by atoms with Gasteiger partial charge in [-0.2, -0.15) is 9.29 Å². The third-order valence-electron chi connectivity index (χ3n) is 5.27. The van der Waals surface area contributed by atoms with Crippen LogP contribution >= 0.6 is 0 Å². The number of hydrogen-bond acceptors (Lipinski definition) is 6. The zero-order chi connectivity index (χ0) is 20.5. The SMILES string of the molecule is Cc1nc(C2(NC(=O)c3cccc(S(=O)(=O)N(C)C(C)C)c3)CCCC2)no1. The van der Waals surface area contributed by atoms with Crippen molar-refractivity contribution in [1.82, 2.24) is 19.8 Å².